The number of anilines is 5. The van der Waals surface area contributed by atoms with Crippen LogP contribution in [0.4, 0.5) is 52.4 Å². The standard InChI is InChI=1S/C21H21N3O4S.C21H21N3O3S.3C20H18ClN3O3S/c1-28-14-8-9-17-18(11-14)29(27,23-20(17)25)24-21(26)22-19-15-6-2-4-12(15)10-13-5-3-7-16(13)19;1-12-5-2-10-17-18(12)20(25)23-28(17,27)24-21(26)22-19-15-8-3-6-13(15)11-14-7-4-9-16(14)19;21-15-8-3-9-16-17(15)19(25)23-28(16,27)24-20(26)22-18-13-6-1-4-11(13)10-12-5-2-7-14(12)18;21-13-7-8-17-16(10-13)19(25)23-28(17,27)24-20(26)22-18-14-5-1-3-11(14)9-12-4-2-6-15(12)18;21-13-7-8-16-17(10-13)28(27,23-19(16)25)24-20(26)22-18-14-5-1-3-11(14)9-12-4-2-6-15(12)18/h8-11H,2-7H2,1H3,(H2,22,23,24,25,26,27);2,5,10-11H,3-4,6-9H2,1H3,(H2,22,23,24,25,26,27);3,8-10H,1-2,4-7H2,(H2,22,23,24,25,26,27);2*7-10H,1-6H2,(H2,22,23,24,25,26,27). The second kappa shape index (κ2) is 37.3. The van der Waals surface area contributed by atoms with Gasteiger partial charge in [0.25, 0.3) is 29.5 Å². The van der Waals surface area contributed by atoms with E-state index in [1.807, 2.05) is 0 Å². The van der Waals surface area contributed by atoms with Crippen molar-refractivity contribution in [2.45, 2.75) is 224 Å². The lowest BCUT2D eigenvalue weighted by molar-refractivity contribution is 0.0996. The van der Waals surface area contributed by atoms with Gasteiger partial charge in [0.2, 0.25) is 0 Å². The summed E-state index contributed by atoms with van der Waals surface area (Å²) in [5.41, 5.74) is 30.7. The van der Waals surface area contributed by atoms with Gasteiger partial charge in [-0.3, -0.25) is 24.0 Å². The van der Waals surface area contributed by atoms with E-state index in [1.54, 1.807) is 37.3 Å². The molecule has 39 heteroatoms. The monoisotopic (exact) mass is 2050 g/mol. The molecule has 10 N–H and O–H groups in total. The molecule has 0 fully saturated rings. The van der Waals surface area contributed by atoms with Crippen LogP contribution < -0.4 is 54.9 Å². The van der Waals surface area contributed by atoms with Crippen molar-refractivity contribution >= 4 is 173 Å². The minimum Gasteiger partial charge on any atom is -0.497 e. The van der Waals surface area contributed by atoms with E-state index in [0.29, 0.717) is 26.9 Å². The summed E-state index contributed by atoms with van der Waals surface area (Å²) >= 11 is 18.0. The third-order valence-electron chi connectivity index (χ3n) is 28.7. The predicted octanol–water partition coefficient (Wildman–Crippen LogP) is 19.2. The molecule has 15 amide bonds. The maximum Gasteiger partial charge on any atom is 0.331 e. The minimum atomic E-state index is -3.41. The first-order valence-electron chi connectivity index (χ1n) is 47.3. The Kier molecular flexibility index (Phi) is 25.0. The molecule has 0 radical (unpaired) electrons. The Labute approximate surface area is 829 Å². The molecule has 5 aliphatic heterocycles. The molecule has 5 unspecified atom stereocenters. The van der Waals surface area contributed by atoms with Gasteiger partial charge in [0.1, 0.15) is 5.75 Å². The molecular weight excluding hydrogens is 1960 g/mol. The molecule has 141 heavy (non-hydrogen) atoms. The summed E-state index contributed by atoms with van der Waals surface area (Å²) in [6, 6.07) is 31.6. The Morgan fingerprint density at radius 1 is 0.277 bits per heavy atom. The molecule has 0 bridgehead atoms. The molecule has 0 aromatic heterocycles. The zero-order valence-corrected chi connectivity index (χ0v) is 83.1. The van der Waals surface area contributed by atoms with Gasteiger partial charge < -0.3 is 31.3 Å². The first-order valence-corrected chi connectivity index (χ1v) is 56.0. The van der Waals surface area contributed by atoms with Crippen molar-refractivity contribution in [3.8, 4) is 5.75 Å². The number of halogens is 3. The molecule has 5 heterocycles. The predicted molar refractivity (Wildman–Crippen MR) is 538 cm³/mol. The zero-order valence-electron chi connectivity index (χ0n) is 76.7. The quantitative estimate of drug-likeness (QED) is 0.0575. The Morgan fingerprint density at radius 2 is 0.539 bits per heavy atom. The summed E-state index contributed by atoms with van der Waals surface area (Å²) in [5.74, 6) is -2.62. The number of methoxy groups -OCH3 is 1. The number of aryl methyl sites for hydroxylation is 11. The summed E-state index contributed by atoms with van der Waals surface area (Å²) in [4.78, 5) is 126. The number of hydrogen-bond donors (Lipinski definition) is 10. The lowest BCUT2D eigenvalue weighted by Crippen LogP contribution is -2.34. The van der Waals surface area contributed by atoms with E-state index in [4.69, 9.17) is 39.5 Å². The molecule has 31 nitrogen and oxygen atoms in total. The molecule has 0 saturated carbocycles. The first-order chi connectivity index (χ1) is 67.8. The summed E-state index contributed by atoms with van der Waals surface area (Å²) in [6.07, 6.45) is 30.3. The van der Waals surface area contributed by atoms with Gasteiger partial charge in [0.15, 0.2) is 49.6 Å². The number of nitrogens with one attached hydrogen (secondary N) is 10. The van der Waals surface area contributed by atoms with Crippen LogP contribution >= 0.6 is 34.8 Å². The molecule has 5 atom stereocenters. The second-order valence-corrected chi connectivity index (χ2v) is 47.9. The zero-order chi connectivity index (χ0) is 98.0. The van der Waals surface area contributed by atoms with Gasteiger partial charge >= 0.3 is 30.2 Å². The normalized spacial score (nSPS) is 21.6. The van der Waals surface area contributed by atoms with E-state index in [1.165, 1.54) is 179 Å². The van der Waals surface area contributed by atoms with Crippen LogP contribution in [0.3, 0.4) is 0 Å². The molecule has 0 saturated heterocycles. The number of hydrogen-bond acceptors (Lipinski definition) is 16. The first kappa shape index (κ1) is 94.6. The number of rotatable bonds is 11. The van der Waals surface area contributed by atoms with E-state index in [-0.39, 0.29) is 51.8 Å². The fourth-order valence-electron chi connectivity index (χ4n) is 22.6. The van der Waals surface area contributed by atoms with E-state index >= 15 is 0 Å². The van der Waals surface area contributed by atoms with Gasteiger partial charge in [-0.05, 0) is 389 Å². The van der Waals surface area contributed by atoms with Crippen molar-refractivity contribution in [3.63, 3.8) is 0 Å². The minimum absolute atomic E-state index is 0.0935. The Balaban J connectivity index is 0.000000104. The van der Waals surface area contributed by atoms with Crippen LogP contribution in [0.5, 0.6) is 5.75 Å². The molecule has 10 aliphatic carbocycles. The number of nitrogens with zero attached hydrogens (tertiary/aromatic N) is 5. The van der Waals surface area contributed by atoms with Gasteiger partial charge in [-0.1, -0.05) is 83.3 Å². The van der Waals surface area contributed by atoms with Crippen molar-refractivity contribution < 1.29 is 73.7 Å². The molecule has 726 valence electrons. The lowest BCUT2D eigenvalue weighted by atomic mass is 9.99. The molecule has 15 aliphatic rings. The maximum absolute atomic E-state index is 13.3. The fourth-order valence-corrected chi connectivity index (χ4v) is 31.4. The molecule has 10 aromatic rings. The lowest BCUT2D eigenvalue weighted by Gasteiger charge is -2.17. The van der Waals surface area contributed by atoms with Crippen molar-refractivity contribution in [2.75, 3.05) is 33.7 Å². The van der Waals surface area contributed by atoms with Crippen LogP contribution in [0.1, 0.15) is 233 Å². The van der Waals surface area contributed by atoms with Crippen LogP contribution in [0.15, 0.2) is 168 Å². The van der Waals surface area contributed by atoms with Crippen LogP contribution in [0, 0.1) is 6.92 Å². The van der Waals surface area contributed by atoms with Crippen LogP contribution in [-0.2, 0) is 178 Å². The number of carbonyl (C=O) groups excluding carboxylic acids is 10. The Morgan fingerprint density at radius 3 is 0.872 bits per heavy atom. The third kappa shape index (κ3) is 17.7. The number of benzene rings is 10. The Hall–Kier alpha value is -12.7. The fraction of sp³-hybridized carbons (Fsp3) is 0.314. The van der Waals surface area contributed by atoms with Crippen LogP contribution in [-0.4, -0.2) is 87.8 Å². The van der Waals surface area contributed by atoms with E-state index < -0.39 is 109 Å². The highest BCUT2D eigenvalue weighted by Gasteiger charge is 2.41. The number of carbonyl (C=O) groups is 10. The van der Waals surface area contributed by atoms with E-state index in [2.05, 4.69) is 102 Å². The van der Waals surface area contributed by atoms with Crippen molar-refractivity contribution in [2.24, 2.45) is 21.8 Å². The van der Waals surface area contributed by atoms with Gasteiger partial charge in [0.05, 0.1) is 64.4 Å². The Bertz CT molecular complexity index is 7580. The van der Waals surface area contributed by atoms with Gasteiger partial charge in [0, 0.05) is 38.5 Å². The highest BCUT2D eigenvalue weighted by atomic mass is 35.5. The summed E-state index contributed by atoms with van der Waals surface area (Å²) in [6.45, 7) is 1.77. The third-order valence-corrected chi connectivity index (χ3v) is 38.6. The molecule has 25 rings (SSSR count). The van der Waals surface area contributed by atoms with Gasteiger partial charge in [-0.2, -0.15) is 0 Å². The number of ether oxygens (including phenoxy) is 1. The van der Waals surface area contributed by atoms with Crippen molar-refractivity contribution in [1.29, 1.82) is 0 Å². The molecule has 0 spiro atoms. The van der Waals surface area contributed by atoms with Gasteiger partial charge in [-0.15, -0.1) is 21.8 Å². The summed E-state index contributed by atoms with van der Waals surface area (Å²) in [5, 5.41) is 15.5. The number of amides is 15. The van der Waals surface area contributed by atoms with E-state index in [9.17, 15) is 69.0 Å². The largest absolute Gasteiger partial charge is 0.497 e. The average Bonchev–Trinajstić information content (AvgIpc) is 1.61. The smallest absolute Gasteiger partial charge is 0.331 e. The number of urea groups is 5. The van der Waals surface area contributed by atoms with Crippen molar-refractivity contribution in [3.05, 3.63) is 281 Å². The van der Waals surface area contributed by atoms with E-state index in [0.717, 1.165) is 221 Å². The second-order valence-electron chi connectivity index (χ2n) is 37.3. The van der Waals surface area contributed by atoms with Crippen LogP contribution in [0.25, 0.3) is 0 Å². The van der Waals surface area contributed by atoms with Gasteiger partial charge in [-0.25, -0.2) is 68.6 Å². The summed E-state index contributed by atoms with van der Waals surface area (Å²) in [7, 11) is -15.4. The van der Waals surface area contributed by atoms with Crippen LogP contribution in [0.2, 0.25) is 15.1 Å². The SMILES string of the molecule is COc1ccc2c(c1)S(=O)(NC(=O)Nc1c3c(cc4c1CCC4)CCC3)=NC2=O.Cc1cccc2c1C(=O)N=S2(=O)NC(=O)Nc1c2c(cc3c1CCC3)CCC2.O=C(Nc1c2c(cc3c1CCC3)CCC2)NS1(=O)=NC(=O)c2c(Cl)cccc21.O=C(Nc1c2c(cc3c1CCC3)CCC2)NS1(=O)=NC(=O)c2cc(Cl)ccc21.O=C(Nc1c2c(cc3c1CCC3)CCC2)NS1(=O)=NC(=O)c2ccc(Cl)cc21. The topological polar surface area (TPSA) is 447 Å². The van der Waals surface area contributed by atoms with Crippen molar-refractivity contribution in [1.82, 2.24) is 23.6 Å². The molecular formula is C102H96Cl3N15O16S5. The highest BCUT2D eigenvalue weighted by molar-refractivity contribution is 7.94. The molecule has 10 aromatic carbocycles. The maximum atomic E-state index is 13.3. The number of fused-ring (bicyclic) bond motifs is 15. The highest BCUT2D eigenvalue weighted by Crippen LogP contribution is 2.47. The average molecular weight is 2050 g/mol. The summed E-state index contributed by atoms with van der Waals surface area (Å²) < 4.78 is 102.